The average Bonchev–Trinajstić information content (AvgIpc) is 2.84. The first-order valence-electron chi connectivity index (χ1n) is 7.11. The first-order chi connectivity index (χ1) is 8.66. The Morgan fingerprint density at radius 1 is 1.28 bits per heavy atom. The summed E-state index contributed by atoms with van der Waals surface area (Å²) in [5.74, 6) is 0. The molecule has 1 aliphatic rings. The van der Waals surface area contributed by atoms with Crippen molar-refractivity contribution in [2.45, 2.75) is 33.1 Å². The lowest BCUT2D eigenvalue weighted by atomic mass is 9.83. The minimum absolute atomic E-state index is 0.573. The molecule has 0 spiro atoms. The second-order valence-corrected chi connectivity index (χ2v) is 7.12. The fourth-order valence-corrected chi connectivity index (χ4v) is 3.12. The molecular formula is C15H26N2S. The van der Waals surface area contributed by atoms with Crippen molar-refractivity contribution in [2.24, 2.45) is 5.41 Å². The highest BCUT2D eigenvalue weighted by atomic mass is 32.1. The van der Waals surface area contributed by atoms with Crippen molar-refractivity contribution < 1.29 is 0 Å². The molecule has 1 N–H and O–H groups in total. The molecule has 0 aliphatic carbocycles. The van der Waals surface area contributed by atoms with Gasteiger partial charge in [-0.25, -0.2) is 0 Å². The fraction of sp³-hybridized carbons (Fsp3) is 0.733. The summed E-state index contributed by atoms with van der Waals surface area (Å²) < 4.78 is 0. The number of nitrogens with one attached hydrogen (secondary N) is 1. The van der Waals surface area contributed by atoms with Gasteiger partial charge in [-0.05, 0) is 49.2 Å². The molecule has 1 fully saturated rings. The van der Waals surface area contributed by atoms with E-state index in [9.17, 15) is 0 Å². The largest absolute Gasteiger partial charge is 0.315 e. The zero-order valence-electron chi connectivity index (χ0n) is 11.7. The second-order valence-electron chi connectivity index (χ2n) is 6.09. The van der Waals surface area contributed by atoms with E-state index in [1.54, 1.807) is 0 Å². The maximum Gasteiger partial charge on any atom is 0.0107 e. The summed E-state index contributed by atoms with van der Waals surface area (Å²) in [5.41, 5.74) is 0.573. The van der Waals surface area contributed by atoms with Gasteiger partial charge in [0.25, 0.3) is 0 Å². The van der Waals surface area contributed by atoms with E-state index in [4.69, 9.17) is 0 Å². The van der Waals surface area contributed by atoms with Crippen LogP contribution in [0.15, 0.2) is 17.5 Å². The third kappa shape index (κ3) is 4.71. The summed E-state index contributed by atoms with van der Waals surface area (Å²) in [6.45, 7) is 10.8. The van der Waals surface area contributed by atoms with E-state index in [1.165, 1.54) is 43.8 Å². The molecule has 3 heteroatoms. The van der Waals surface area contributed by atoms with Gasteiger partial charge in [0, 0.05) is 24.5 Å². The van der Waals surface area contributed by atoms with Crippen molar-refractivity contribution >= 4 is 11.3 Å². The Morgan fingerprint density at radius 2 is 2.06 bits per heavy atom. The zero-order chi connectivity index (χ0) is 12.8. The van der Waals surface area contributed by atoms with Gasteiger partial charge in [0.1, 0.15) is 0 Å². The van der Waals surface area contributed by atoms with Crippen LogP contribution in [0.1, 0.15) is 31.6 Å². The van der Waals surface area contributed by atoms with Crippen LogP contribution in [-0.2, 0) is 6.42 Å². The van der Waals surface area contributed by atoms with Gasteiger partial charge in [0.15, 0.2) is 0 Å². The molecule has 2 rings (SSSR count). The van der Waals surface area contributed by atoms with Crippen molar-refractivity contribution in [2.75, 3.05) is 32.7 Å². The molecule has 1 aromatic rings. The molecule has 0 unspecified atom stereocenters. The van der Waals surface area contributed by atoms with Crippen LogP contribution >= 0.6 is 11.3 Å². The number of nitrogens with zero attached hydrogens (tertiary/aromatic N) is 1. The molecule has 1 aromatic heterocycles. The third-order valence-electron chi connectivity index (χ3n) is 3.94. The molecule has 0 bridgehead atoms. The fourth-order valence-electron chi connectivity index (χ4n) is 2.41. The van der Waals surface area contributed by atoms with Crippen LogP contribution < -0.4 is 5.32 Å². The van der Waals surface area contributed by atoms with Crippen LogP contribution in [0.25, 0.3) is 0 Å². The van der Waals surface area contributed by atoms with Crippen molar-refractivity contribution in [3.8, 4) is 0 Å². The van der Waals surface area contributed by atoms with Gasteiger partial charge >= 0.3 is 0 Å². The van der Waals surface area contributed by atoms with Crippen molar-refractivity contribution in [1.82, 2.24) is 10.2 Å². The first-order valence-corrected chi connectivity index (χ1v) is 7.99. The predicted octanol–water partition coefficient (Wildman–Crippen LogP) is 3.00. The molecule has 1 saturated heterocycles. The third-order valence-corrected chi connectivity index (χ3v) is 4.88. The number of likely N-dealkylation sites (tertiary alicyclic amines) is 1. The number of thiophene rings is 1. The van der Waals surface area contributed by atoms with Gasteiger partial charge in [0.2, 0.25) is 0 Å². The molecule has 0 atom stereocenters. The summed E-state index contributed by atoms with van der Waals surface area (Å²) in [7, 11) is 0. The van der Waals surface area contributed by atoms with Gasteiger partial charge < -0.3 is 10.2 Å². The normalized spacial score (nSPS) is 20.1. The van der Waals surface area contributed by atoms with Crippen LogP contribution in [0.3, 0.4) is 0 Å². The van der Waals surface area contributed by atoms with Crippen molar-refractivity contribution in [3.05, 3.63) is 22.4 Å². The molecule has 0 saturated carbocycles. The summed E-state index contributed by atoms with van der Waals surface area (Å²) in [4.78, 5) is 4.09. The summed E-state index contributed by atoms with van der Waals surface area (Å²) in [6.07, 6.45) is 3.87. The van der Waals surface area contributed by atoms with Crippen molar-refractivity contribution in [1.29, 1.82) is 0 Å². The van der Waals surface area contributed by atoms with E-state index in [0.29, 0.717) is 5.41 Å². The number of piperidine rings is 1. The van der Waals surface area contributed by atoms with E-state index in [0.717, 1.165) is 13.1 Å². The van der Waals surface area contributed by atoms with Gasteiger partial charge in [-0.3, -0.25) is 0 Å². The van der Waals surface area contributed by atoms with Crippen LogP contribution in [0.4, 0.5) is 0 Å². The highest BCUT2D eigenvalue weighted by molar-refractivity contribution is 7.09. The lowest BCUT2D eigenvalue weighted by Crippen LogP contribution is -2.40. The molecular weight excluding hydrogens is 240 g/mol. The van der Waals surface area contributed by atoms with Crippen molar-refractivity contribution in [3.63, 3.8) is 0 Å². The van der Waals surface area contributed by atoms with E-state index in [1.807, 2.05) is 11.3 Å². The van der Waals surface area contributed by atoms with Crippen LogP contribution in [0.5, 0.6) is 0 Å². The van der Waals surface area contributed by atoms with E-state index < -0.39 is 0 Å². The quantitative estimate of drug-likeness (QED) is 0.796. The van der Waals surface area contributed by atoms with Gasteiger partial charge in [-0.1, -0.05) is 19.9 Å². The summed E-state index contributed by atoms with van der Waals surface area (Å²) in [6, 6.07) is 4.36. The minimum Gasteiger partial charge on any atom is -0.315 e. The predicted molar refractivity (Wildman–Crippen MR) is 80.3 cm³/mol. The Balaban J connectivity index is 1.51. The SMILES string of the molecule is CC1(C)CCN(CCNCCc2cccs2)CC1. The van der Waals surface area contributed by atoms with Crippen LogP contribution in [0, 0.1) is 5.41 Å². The number of rotatable bonds is 6. The average molecular weight is 266 g/mol. The maximum absolute atomic E-state index is 3.56. The zero-order valence-corrected chi connectivity index (χ0v) is 12.6. The Morgan fingerprint density at radius 3 is 2.72 bits per heavy atom. The first kappa shape index (κ1) is 14.0. The Labute approximate surface area is 115 Å². The van der Waals surface area contributed by atoms with Crippen LogP contribution in [0.2, 0.25) is 0 Å². The number of hydrogen-bond donors (Lipinski definition) is 1. The summed E-state index contributed by atoms with van der Waals surface area (Å²) >= 11 is 1.86. The van der Waals surface area contributed by atoms with E-state index in [-0.39, 0.29) is 0 Å². The monoisotopic (exact) mass is 266 g/mol. The Kier molecular flexibility index (Phi) is 5.22. The Hall–Kier alpha value is -0.380. The molecule has 102 valence electrons. The van der Waals surface area contributed by atoms with Crippen LogP contribution in [-0.4, -0.2) is 37.6 Å². The molecule has 0 aromatic carbocycles. The van der Waals surface area contributed by atoms with E-state index in [2.05, 4.69) is 41.6 Å². The lowest BCUT2D eigenvalue weighted by molar-refractivity contribution is 0.133. The second kappa shape index (κ2) is 6.69. The standard InChI is InChI=1S/C15H26N2S/c1-15(2)6-10-17(11-7-15)12-9-16-8-5-14-4-3-13-18-14/h3-4,13,16H,5-12H2,1-2H3. The highest BCUT2D eigenvalue weighted by Crippen LogP contribution is 2.29. The number of hydrogen-bond acceptors (Lipinski definition) is 3. The molecule has 0 radical (unpaired) electrons. The van der Waals surface area contributed by atoms with Gasteiger partial charge in [0.05, 0.1) is 0 Å². The minimum atomic E-state index is 0.573. The molecule has 1 aliphatic heterocycles. The molecule has 0 amide bonds. The lowest BCUT2D eigenvalue weighted by Gasteiger charge is -2.36. The summed E-state index contributed by atoms with van der Waals surface area (Å²) in [5, 5.41) is 5.71. The highest BCUT2D eigenvalue weighted by Gasteiger charge is 2.24. The molecule has 18 heavy (non-hydrogen) atoms. The topological polar surface area (TPSA) is 15.3 Å². The van der Waals surface area contributed by atoms with Gasteiger partial charge in [-0.15, -0.1) is 11.3 Å². The van der Waals surface area contributed by atoms with E-state index >= 15 is 0 Å². The van der Waals surface area contributed by atoms with Gasteiger partial charge in [-0.2, -0.15) is 0 Å². The Bertz CT molecular complexity index is 322. The smallest absolute Gasteiger partial charge is 0.0107 e. The maximum atomic E-state index is 3.56. The molecule has 2 heterocycles. The molecule has 2 nitrogen and oxygen atoms in total.